The standard InChI is InChI=1S/C7H4BrNO4.C7H6O2/c8-6-3-4(9(12)13)1-2-5(6)7(10)11;8-7(9)6-4-2-1-3-5-6/h1-3H,(H,10,11);1-5H,(H,8,9). The van der Waals surface area contributed by atoms with Crippen molar-refractivity contribution in [3.63, 3.8) is 0 Å². The molecule has 0 unspecified atom stereocenters. The second kappa shape index (κ2) is 7.89. The molecule has 114 valence electrons. The van der Waals surface area contributed by atoms with Crippen molar-refractivity contribution in [2.24, 2.45) is 0 Å². The summed E-state index contributed by atoms with van der Waals surface area (Å²) >= 11 is 2.93. The first-order valence-corrected chi connectivity index (χ1v) is 6.57. The largest absolute Gasteiger partial charge is 0.478 e. The van der Waals surface area contributed by atoms with E-state index in [0.717, 1.165) is 12.1 Å². The minimum atomic E-state index is -1.12. The molecule has 0 saturated carbocycles. The van der Waals surface area contributed by atoms with Crippen molar-refractivity contribution in [3.8, 4) is 0 Å². The van der Waals surface area contributed by atoms with Crippen molar-refractivity contribution in [1.82, 2.24) is 0 Å². The average Bonchev–Trinajstić information content (AvgIpc) is 2.48. The summed E-state index contributed by atoms with van der Waals surface area (Å²) in [6.45, 7) is 0. The molecule has 0 aromatic heterocycles. The maximum Gasteiger partial charge on any atom is 0.336 e. The second-order valence-electron chi connectivity index (χ2n) is 3.90. The third-order valence-corrected chi connectivity index (χ3v) is 3.07. The number of hydrogen-bond acceptors (Lipinski definition) is 4. The van der Waals surface area contributed by atoms with Crippen molar-refractivity contribution in [3.05, 3.63) is 74.2 Å². The van der Waals surface area contributed by atoms with E-state index in [1.54, 1.807) is 30.3 Å². The van der Waals surface area contributed by atoms with Crippen LogP contribution in [0.1, 0.15) is 20.7 Å². The normalized spacial score (nSPS) is 9.32. The molecule has 0 aliphatic rings. The van der Waals surface area contributed by atoms with E-state index in [1.165, 1.54) is 6.07 Å². The predicted molar refractivity (Wildman–Crippen MR) is 81.2 cm³/mol. The number of aromatic carboxylic acids is 2. The summed E-state index contributed by atoms with van der Waals surface area (Å²) in [6, 6.07) is 11.8. The molecule has 0 saturated heterocycles. The number of nitro benzene ring substituents is 1. The van der Waals surface area contributed by atoms with Crippen LogP contribution in [0, 0.1) is 10.1 Å². The van der Waals surface area contributed by atoms with Gasteiger partial charge in [-0.25, -0.2) is 9.59 Å². The first kappa shape index (κ1) is 17.3. The Hall–Kier alpha value is -2.74. The number of rotatable bonds is 3. The van der Waals surface area contributed by atoms with Gasteiger partial charge in [0.25, 0.3) is 5.69 Å². The molecule has 0 aliphatic carbocycles. The van der Waals surface area contributed by atoms with Crippen molar-refractivity contribution in [1.29, 1.82) is 0 Å². The van der Waals surface area contributed by atoms with Gasteiger partial charge in [0.05, 0.1) is 16.1 Å². The predicted octanol–water partition coefficient (Wildman–Crippen LogP) is 3.44. The SMILES string of the molecule is O=C(O)c1ccc([N+](=O)[O-])cc1Br.O=C(O)c1ccccc1. The summed E-state index contributed by atoms with van der Waals surface area (Å²) < 4.78 is 0.203. The van der Waals surface area contributed by atoms with E-state index < -0.39 is 16.9 Å². The Bertz CT molecular complexity index is 702. The van der Waals surface area contributed by atoms with Crippen LogP contribution in [0.25, 0.3) is 0 Å². The lowest BCUT2D eigenvalue weighted by molar-refractivity contribution is -0.384. The lowest BCUT2D eigenvalue weighted by Crippen LogP contribution is -1.98. The topological polar surface area (TPSA) is 118 Å². The Morgan fingerprint density at radius 3 is 1.95 bits per heavy atom. The van der Waals surface area contributed by atoms with Crippen LogP contribution in [0.15, 0.2) is 53.0 Å². The number of benzene rings is 2. The van der Waals surface area contributed by atoms with Crippen LogP contribution in [0.3, 0.4) is 0 Å². The van der Waals surface area contributed by atoms with Crippen LogP contribution >= 0.6 is 15.9 Å². The van der Waals surface area contributed by atoms with Crippen LogP contribution in [0.5, 0.6) is 0 Å². The molecule has 0 atom stereocenters. The minimum Gasteiger partial charge on any atom is -0.478 e. The Morgan fingerprint density at radius 2 is 1.59 bits per heavy atom. The zero-order valence-electron chi connectivity index (χ0n) is 11.0. The quantitative estimate of drug-likeness (QED) is 0.633. The van der Waals surface area contributed by atoms with Gasteiger partial charge in [0, 0.05) is 16.6 Å². The van der Waals surface area contributed by atoms with E-state index in [0.29, 0.717) is 5.56 Å². The summed E-state index contributed by atoms with van der Waals surface area (Å²) in [5, 5.41) is 27.3. The van der Waals surface area contributed by atoms with Gasteiger partial charge in [-0.3, -0.25) is 10.1 Å². The van der Waals surface area contributed by atoms with E-state index in [1.807, 2.05) is 0 Å². The van der Waals surface area contributed by atoms with Crippen LogP contribution < -0.4 is 0 Å². The van der Waals surface area contributed by atoms with Gasteiger partial charge in [-0.15, -0.1) is 0 Å². The first-order chi connectivity index (χ1) is 10.3. The molecule has 0 amide bonds. The van der Waals surface area contributed by atoms with Crippen molar-refractivity contribution in [2.45, 2.75) is 0 Å². The Balaban J connectivity index is 0.000000235. The number of carboxylic acids is 2. The summed E-state index contributed by atoms with van der Waals surface area (Å²) in [7, 11) is 0. The zero-order chi connectivity index (χ0) is 16.7. The van der Waals surface area contributed by atoms with Gasteiger partial charge in [-0.05, 0) is 34.1 Å². The van der Waals surface area contributed by atoms with Gasteiger partial charge in [0.1, 0.15) is 0 Å². The average molecular weight is 368 g/mol. The van der Waals surface area contributed by atoms with E-state index in [2.05, 4.69) is 15.9 Å². The fourth-order valence-electron chi connectivity index (χ4n) is 1.37. The zero-order valence-corrected chi connectivity index (χ0v) is 12.6. The second-order valence-corrected chi connectivity index (χ2v) is 4.75. The third kappa shape index (κ3) is 4.98. The molecule has 2 aromatic carbocycles. The summed E-state index contributed by atoms with van der Waals surface area (Å²) in [5.41, 5.74) is 0.194. The molecule has 8 heteroatoms. The molecule has 7 nitrogen and oxygen atoms in total. The van der Waals surface area contributed by atoms with Crippen molar-refractivity contribution >= 4 is 33.6 Å². The molecular weight excluding hydrogens is 358 g/mol. The number of carbonyl (C=O) groups is 2. The molecule has 0 bridgehead atoms. The van der Waals surface area contributed by atoms with E-state index in [4.69, 9.17) is 10.2 Å². The molecule has 22 heavy (non-hydrogen) atoms. The monoisotopic (exact) mass is 367 g/mol. The number of non-ortho nitro benzene ring substituents is 1. The molecule has 2 rings (SSSR count). The highest BCUT2D eigenvalue weighted by Crippen LogP contribution is 2.22. The highest BCUT2D eigenvalue weighted by atomic mass is 79.9. The number of carboxylic acid groups (broad SMARTS) is 2. The van der Waals surface area contributed by atoms with Crippen LogP contribution in [0.2, 0.25) is 0 Å². The Morgan fingerprint density at radius 1 is 1.00 bits per heavy atom. The smallest absolute Gasteiger partial charge is 0.336 e. The van der Waals surface area contributed by atoms with E-state index in [9.17, 15) is 19.7 Å². The van der Waals surface area contributed by atoms with Crippen molar-refractivity contribution in [2.75, 3.05) is 0 Å². The lowest BCUT2D eigenvalue weighted by Gasteiger charge is -1.97. The first-order valence-electron chi connectivity index (χ1n) is 5.78. The van der Waals surface area contributed by atoms with Gasteiger partial charge in [-0.1, -0.05) is 18.2 Å². The van der Waals surface area contributed by atoms with Gasteiger partial charge in [-0.2, -0.15) is 0 Å². The van der Waals surface area contributed by atoms with Gasteiger partial charge >= 0.3 is 11.9 Å². The Kier molecular flexibility index (Phi) is 6.21. The maximum absolute atomic E-state index is 10.5. The van der Waals surface area contributed by atoms with E-state index in [-0.39, 0.29) is 15.7 Å². The number of nitrogens with zero attached hydrogens (tertiary/aromatic N) is 1. The van der Waals surface area contributed by atoms with Crippen LogP contribution in [-0.4, -0.2) is 27.1 Å². The molecule has 2 aromatic rings. The fourth-order valence-corrected chi connectivity index (χ4v) is 1.91. The number of nitro groups is 1. The van der Waals surface area contributed by atoms with Gasteiger partial charge in [0.2, 0.25) is 0 Å². The summed E-state index contributed by atoms with van der Waals surface area (Å²) in [4.78, 5) is 30.4. The highest BCUT2D eigenvalue weighted by Gasteiger charge is 2.12. The number of hydrogen-bond donors (Lipinski definition) is 2. The number of halogens is 1. The summed E-state index contributed by atoms with van der Waals surface area (Å²) in [5.74, 6) is -2.00. The molecule has 0 radical (unpaired) electrons. The molecule has 0 spiro atoms. The lowest BCUT2D eigenvalue weighted by atomic mass is 10.2. The van der Waals surface area contributed by atoms with Crippen LogP contribution in [-0.2, 0) is 0 Å². The Labute approximate surface area is 133 Å². The van der Waals surface area contributed by atoms with Crippen molar-refractivity contribution < 1.29 is 24.7 Å². The van der Waals surface area contributed by atoms with Crippen LogP contribution in [0.4, 0.5) is 5.69 Å². The third-order valence-electron chi connectivity index (χ3n) is 2.41. The van der Waals surface area contributed by atoms with Gasteiger partial charge in [0.15, 0.2) is 0 Å². The minimum absolute atomic E-state index is 0.00519. The maximum atomic E-state index is 10.5. The molecular formula is C14H10BrNO6. The molecule has 0 aliphatic heterocycles. The molecule has 0 fully saturated rings. The van der Waals surface area contributed by atoms with E-state index >= 15 is 0 Å². The molecule has 0 heterocycles. The highest BCUT2D eigenvalue weighted by molar-refractivity contribution is 9.10. The summed E-state index contributed by atoms with van der Waals surface area (Å²) in [6.07, 6.45) is 0. The molecule has 2 N–H and O–H groups in total. The van der Waals surface area contributed by atoms with Gasteiger partial charge < -0.3 is 10.2 Å². The fraction of sp³-hybridized carbons (Fsp3) is 0.